The minimum Gasteiger partial charge on any atom is -0.366 e. The molecule has 0 saturated heterocycles. The molecule has 0 bridgehead atoms. The second kappa shape index (κ2) is 7.56. The number of anilines is 2. The van der Waals surface area contributed by atoms with E-state index in [-0.39, 0.29) is 16.8 Å². The lowest BCUT2D eigenvalue weighted by molar-refractivity contribution is -0.141. The van der Waals surface area contributed by atoms with Gasteiger partial charge in [-0.15, -0.1) is 0 Å². The number of hydrogen-bond donors (Lipinski definition) is 2. The van der Waals surface area contributed by atoms with Crippen LogP contribution in [0.1, 0.15) is 26.4 Å². The molecule has 1 aromatic carbocycles. The zero-order valence-corrected chi connectivity index (χ0v) is 15.7. The molecule has 3 N–H and O–H groups in total. The van der Waals surface area contributed by atoms with Crippen molar-refractivity contribution >= 4 is 34.2 Å². The summed E-state index contributed by atoms with van der Waals surface area (Å²) in [5.41, 5.74) is 5.43. The molecule has 156 valence electrons. The van der Waals surface area contributed by atoms with Crippen molar-refractivity contribution in [3.05, 3.63) is 83.9 Å². The number of aromatic amines is 1. The topological polar surface area (TPSA) is 105 Å². The predicted molar refractivity (Wildman–Crippen MR) is 107 cm³/mol. The lowest BCUT2D eigenvalue weighted by atomic mass is 10.1. The van der Waals surface area contributed by atoms with Gasteiger partial charge in [-0.3, -0.25) is 14.5 Å². The van der Waals surface area contributed by atoms with E-state index in [0.717, 1.165) is 18.3 Å². The first kappa shape index (κ1) is 20.1. The Hall–Kier alpha value is -4.21. The van der Waals surface area contributed by atoms with Gasteiger partial charge in [0.1, 0.15) is 11.3 Å². The summed E-state index contributed by atoms with van der Waals surface area (Å²) in [7, 11) is 0. The number of carbonyl (C=O) groups excluding carboxylic acids is 2. The van der Waals surface area contributed by atoms with Crippen LogP contribution in [0.5, 0.6) is 0 Å². The van der Waals surface area contributed by atoms with E-state index in [1.807, 2.05) is 0 Å². The van der Waals surface area contributed by atoms with E-state index < -0.39 is 23.7 Å². The van der Waals surface area contributed by atoms with Gasteiger partial charge in [-0.25, -0.2) is 9.97 Å². The fourth-order valence-corrected chi connectivity index (χ4v) is 3.05. The van der Waals surface area contributed by atoms with Gasteiger partial charge in [0.05, 0.1) is 23.8 Å². The molecule has 0 aliphatic heterocycles. The van der Waals surface area contributed by atoms with Crippen molar-refractivity contribution in [3.8, 4) is 0 Å². The van der Waals surface area contributed by atoms with E-state index in [1.165, 1.54) is 35.4 Å². The Morgan fingerprint density at radius 3 is 2.35 bits per heavy atom. The molecule has 0 unspecified atom stereocenters. The standard InChI is InChI=1S/C21H14F3N5O2/c22-21(23,24)17-5-4-15(10-27-17)29(16-9-13-6-7-26-19(13)28-11-16)20(31)14-3-1-2-12(8-14)18(25)30/h1-11H,(H2,25,30)(H,26,28). The summed E-state index contributed by atoms with van der Waals surface area (Å²) in [5.74, 6) is -1.31. The van der Waals surface area contributed by atoms with Crippen LogP contribution < -0.4 is 10.6 Å². The van der Waals surface area contributed by atoms with Gasteiger partial charge in [-0.1, -0.05) is 6.07 Å². The minimum absolute atomic E-state index is 0.0964. The van der Waals surface area contributed by atoms with Crippen molar-refractivity contribution in [2.45, 2.75) is 6.18 Å². The van der Waals surface area contributed by atoms with Crippen LogP contribution in [0.4, 0.5) is 24.5 Å². The number of carbonyl (C=O) groups is 2. The Bertz CT molecular complexity index is 1280. The molecule has 0 spiro atoms. The van der Waals surface area contributed by atoms with Crippen molar-refractivity contribution in [2.24, 2.45) is 5.73 Å². The van der Waals surface area contributed by atoms with Gasteiger partial charge in [0.2, 0.25) is 5.91 Å². The van der Waals surface area contributed by atoms with Crippen LogP contribution >= 0.6 is 0 Å². The number of alkyl halides is 3. The number of nitrogens with two attached hydrogens (primary N) is 1. The molecule has 0 fully saturated rings. The van der Waals surface area contributed by atoms with Crippen LogP contribution in [0.3, 0.4) is 0 Å². The van der Waals surface area contributed by atoms with Crippen molar-refractivity contribution in [2.75, 3.05) is 4.90 Å². The Morgan fingerprint density at radius 2 is 1.68 bits per heavy atom. The quantitative estimate of drug-likeness (QED) is 0.515. The maximum atomic E-state index is 13.4. The lowest BCUT2D eigenvalue weighted by Crippen LogP contribution is -2.27. The summed E-state index contributed by atoms with van der Waals surface area (Å²) in [4.78, 5) is 36.7. The zero-order valence-electron chi connectivity index (χ0n) is 15.7. The number of aromatic nitrogens is 3. The summed E-state index contributed by atoms with van der Waals surface area (Å²) in [6.45, 7) is 0. The maximum absolute atomic E-state index is 13.4. The molecule has 10 heteroatoms. The number of fused-ring (bicyclic) bond motifs is 1. The fourth-order valence-electron chi connectivity index (χ4n) is 3.05. The second-order valence-electron chi connectivity index (χ2n) is 6.59. The molecule has 0 aliphatic rings. The van der Waals surface area contributed by atoms with Gasteiger partial charge in [0.25, 0.3) is 5.91 Å². The van der Waals surface area contributed by atoms with Crippen LogP contribution in [-0.2, 0) is 6.18 Å². The Morgan fingerprint density at radius 1 is 0.935 bits per heavy atom. The number of pyridine rings is 2. The summed E-state index contributed by atoms with van der Waals surface area (Å²) in [6, 6.07) is 11.1. The van der Waals surface area contributed by atoms with E-state index >= 15 is 0 Å². The van der Waals surface area contributed by atoms with Gasteiger partial charge < -0.3 is 10.7 Å². The average molecular weight is 425 g/mol. The molecule has 7 nitrogen and oxygen atoms in total. The molecule has 2 amide bonds. The van der Waals surface area contributed by atoms with E-state index in [2.05, 4.69) is 15.0 Å². The SMILES string of the molecule is NC(=O)c1cccc(C(=O)N(c2ccc(C(F)(F)F)nc2)c2cnc3[nH]ccc3c2)c1. The summed E-state index contributed by atoms with van der Waals surface area (Å²) in [5, 5.41) is 0.695. The largest absolute Gasteiger partial charge is 0.433 e. The smallest absolute Gasteiger partial charge is 0.366 e. The first-order valence-corrected chi connectivity index (χ1v) is 8.95. The summed E-state index contributed by atoms with van der Waals surface area (Å²) in [6.07, 6.45) is -0.579. The molecule has 0 aliphatic carbocycles. The van der Waals surface area contributed by atoms with Crippen LogP contribution in [0.2, 0.25) is 0 Å². The van der Waals surface area contributed by atoms with Crippen molar-refractivity contribution in [1.82, 2.24) is 15.0 Å². The monoisotopic (exact) mass is 425 g/mol. The van der Waals surface area contributed by atoms with Crippen molar-refractivity contribution in [3.63, 3.8) is 0 Å². The Balaban J connectivity index is 1.83. The lowest BCUT2D eigenvalue weighted by Gasteiger charge is -2.23. The maximum Gasteiger partial charge on any atom is 0.433 e. The number of rotatable bonds is 4. The zero-order chi connectivity index (χ0) is 22.2. The average Bonchev–Trinajstić information content (AvgIpc) is 3.22. The molecular weight excluding hydrogens is 411 g/mol. The number of nitrogens with one attached hydrogen (secondary N) is 1. The third-order valence-electron chi connectivity index (χ3n) is 4.54. The van der Waals surface area contributed by atoms with Gasteiger partial charge in [0, 0.05) is 22.7 Å². The van der Waals surface area contributed by atoms with Gasteiger partial charge in [-0.2, -0.15) is 13.2 Å². The number of amides is 2. The molecule has 0 radical (unpaired) electrons. The van der Waals surface area contributed by atoms with E-state index in [1.54, 1.807) is 18.3 Å². The normalized spacial score (nSPS) is 11.5. The second-order valence-corrected chi connectivity index (χ2v) is 6.59. The number of primary amides is 1. The van der Waals surface area contributed by atoms with Crippen LogP contribution in [0.25, 0.3) is 11.0 Å². The van der Waals surface area contributed by atoms with E-state index in [9.17, 15) is 22.8 Å². The molecular formula is C21H14F3N5O2. The number of nitrogens with zero attached hydrogens (tertiary/aromatic N) is 3. The molecule has 3 heterocycles. The Labute approximate surface area is 173 Å². The van der Waals surface area contributed by atoms with Crippen LogP contribution in [0.15, 0.2) is 67.1 Å². The minimum atomic E-state index is -4.62. The van der Waals surface area contributed by atoms with Crippen molar-refractivity contribution in [1.29, 1.82) is 0 Å². The molecule has 4 rings (SSSR count). The first-order chi connectivity index (χ1) is 14.7. The Kier molecular flexibility index (Phi) is 4.90. The highest BCUT2D eigenvalue weighted by Gasteiger charge is 2.32. The number of halogens is 3. The van der Waals surface area contributed by atoms with Crippen LogP contribution in [0, 0.1) is 0 Å². The summed E-state index contributed by atoms with van der Waals surface area (Å²) < 4.78 is 38.8. The third-order valence-corrected chi connectivity index (χ3v) is 4.54. The molecule has 31 heavy (non-hydrogen) atoms. The molecule has 0 atom stereocenters. The van der Waals surface area contributed by atoms with Crippen molar-refractivity contribution < 1.29 is 22.8 Å². The van der Waals surface area contributed by atoms with E-state index in [4.69, 9.17) is 5.73 Å². The van der Waals surface area contributed by atoms with E-state index in [0.29, 0.717) is 16.7 Å². The van der Waals surface area contributed by atoms with Crippen LogP contribution in [-0.4, -0.2) is 26.8 Å². The highest BCUT2D eigenvalue weighted by molar-refractivity contribution is 6.12. The fraction of sp³-hybridized carbons (Fsp3) is 0.0476. The highest BCUT2D eigenvalue weighted by Crippen LogP contribution is 2.32. The highest BCUT2D eigenvalue weighted by atomic mass is 19.4. The third kappa shape index (κ3) is 3.95. The number of hydrogen-bond acceptors (Lipinski definition) is 4. The molecule has 3 aromatic heterocycles. The van der Waals surface area contributed by atoms with Gasteiger partial charge >= 0.3 is 6.18 Å². The van der Waals surface area contributed by atoms with Gasteiger partial charge in [-0.05, 0) is 42.5 Å². The molecule has 4 aromatic rings. The predicted octanol–water partition coefficient (Wildman–Crippen LogP) is 4.05. The molecule has 0 saturated carbocycles. The number of H-pyrrole nitrogens is 1. The number of benzene rings is 1. The first-order valence-electron chi connectivity index (χ1n) is 8.95. The van der Waals surface area contributed by atoms with Gasteiger partial charge in [0.15, 0.2) is 0 Å². The summed E-state index contributed by atoms with van der Waals surface area (Å²) >= 11 is 0.